The third kappa shape index (κ3) is 5.09. The van der Waals surface area contributed by atoms with Gasteiger partial charge in [0.25, 0.3) is 0 Å². The van der Waals surface area contributed by atoms with Crippen LogP contribution in [0, 0.1) is 11.6 Å². The van der Waals surface area contributed by atoms with E-state index < -0.39 is 17.2 Å². The summed E-state index contributed by atoms with van der Waals surface area (Å²) in [5.41, 5.74) is -1.33. The van der Waals surface area contributed by atoms with Crippen molar-refractivity contribution in [2.24, 2.45) is 0 Å². The van der Waals surface area contributed by atoms with Crippen LogP contribution in [0.15, 0.2) is 30.9 Å². The first kappa shape index (κ1) is 18.5. The van der Waals surface area contributed by atoms with E-state index in [1.165, 1.54) is 48.7 Å². The minimum Gasteiger partial charge on any atom is -0.383 e. The van der Waals surface area contributed by atoms with Gasteiger partial charge in [-0.15, -0.1) is 0 Å². The zero-order valence-corrected chi connectivity index (χ0v) is 14.1. The zero-order chi connectivity index (χ0) is 17.4. The summed E-state index contributed by atoms with van der Waals surface area (Å²) >= 11 is 0. The fourth-order valence-electron chi connectivity index (χ4n) is 2.95. The van der Waals surface area contributed by atoms with E-state index in [-0.39, 0.29) is 12.1 Å². The van der Waals surface area contributed by atoms with Crippen molar-refractivity contribution < 1.29 is 13.9 Å². The molecule has 6 heteroatoms. The van der Waals surface area contributed by atoms with E-state index in [9.17, 15) is 13.9 Å². The molecule has 0 fully saturated rings. The molecule has 132 valence electrons. The number of aromatic nitrogens is 3. The smallest absolute Gasteiger partial charge is 0.137 e. The van der Waals surface area contributed by atoms with E-state index in [2.05, 4.69) is 17.0 Å². The Morgan fingerprint density at radius 1 is 1.12 bits per heavy atom. The Balaban J connectivity index is 2.09. The van der Waals surface area contributed by atoms with E-state index in [0.717, 1.165) is 25.3 Å². The molecule has 1 heterocycles. The van der Waals surface area contributed by atoms with E-state index in [0.29, 0.717) is 6.42 Å². The minimum absolute atomic E-state index is 0.0878. The van der Waals surface area contributed by atoms with E-state index >= 15 is 0 Å². The van der Waals surface area contributed by atoms with Gasteiger partial charge in [-0.3, -0.25) is 0 Å². The standard InChI is InChI=1S/C18H25F2N3O/c1-2-3-4-5-6-7-10-18(24,12-23-14-21-13-22-23)16-9-8-15(19)11-17(16)20/h8-9,11,13-14,24H,2-7,10,12H2,1H3. The van der Waals surface area contributed by atoms with Crippen LogP contribution in [0.5, 0.6) is 0 Å². The molecule has 0 spiro atoms. The van der Waals surface area contributed by atoms with Crippen molar-refractivity contribution >= 4 is 0 Å². The molecule has 0 aliphatic carbocycles. The summed E-state index contributed by atoms with van der Waals surface area (Å²) in [6.07, 6.45) is 9.63. The molecule has 0 aliphatic heterocycles. The van der Waals surface area contributed by atoms with Crippen LogP contribution >= 0.6 is 0 Å². The molecule has 0 saturated carbocycles. The topological polar surface area (TPSA) is 50.9 Å². The SMILES string of the molecule is CCCCCCCCC(O)(Cn1cncn1)c1ccc(F)cc1F. The normalized spacial score (nSPS) is 13.8. The highest BCUT2D eigenvalue weighted by Crippen LogP contribution is 2.31. The summed E-state index contributed by atoms with van der Waals surface area (Å²) < 4.78 is 28.9. The Morgan fingerprint density at radius 2 is 1.88 bits per heavy atom. The van der Waals surface area contributed by atoms with Gasteiger partial charge in [-0.1, -0.05) is 51.5 Å². The van der Waals surface area contributed by atoms with E-state index in [4.69, 9.17) is 0 Å². The lowest BCUT2D eigenvalue weighted by molar-refractivity contribution is 0.000502. The van der Waals surface area contributed by atoms with Crippen LogP contribution in [0.25, 0.3) is 0 Å². The van der Waals surface area contributed by atoms with Gasteiger partial charge in [-0.2, -0.15) is 5.10 Å². The van der Waals surface area contributed by atoms with Crippen LogP contribution < -0.4 is 0 Å². The first-order chi connectivity index (χ1) is 11.5. The average molecular weight is 337 g/mol. The van der Waals surface area contributed by atoms with Gasteiger partial charge in [0, 0.05) is 11.6 Å². The largest absolute Gasteiger partial charge is 0.383 e. The quantitative estimate of drug-likeness (QED) is 0.661. The van der Waals surface area contributed by atoms with Crippen molar-refractivity contribution in [2.45, 2.75) is 64.0 Å². The molecule has 2 aromatic rings. The van der Waals surface area contributed by atoms with E-state index in [1.54, 1.807) is 0 Å². The number of aliphatic hydroxyl groups is 1. The molecule has 1 unspecified atom stereocenters. The molecule has 0 aliphatic rings. The Labute approximate surface area is 141 Å². The minimum atomic E-state index is -1.43. The van der Waals surface area contributed by atoms with Crippen molar-refractivity contribution in [3.8, 4) is 0 Å². The molecule has 2 rings (SSSR count). The number of rotatable bonds is 10. The van der Waals surface area contributed by atoms with Crippen LogP contribution in [0.2, 0.25) is 0 Å². The molecule has 1 N–H and O–H groups in total. The van der Waals surface area contributed by atoms with Crippen molar-refractivity contribution in [1.82, 2.24) is 14.8 Å². The van der Waals surface area contributed by atoms with Gasteiger partial charge in [0.2, 0.25) is 0 Å². The Hall–Kier alpha value is -1.82. The monoisotopic (exact) mass is 337 g/mol. The Bertz CT molecular complexity index is 619. The second-order valence-electron chi connectivity index (χ2n) is 6.27. The summed E-state index contributed by atoms with van der Waals surface area (Å²) in [7, 11) is 0. The van der Waals surface area contributed by atoms with Crippen molar-refractivity contribution in [3.63, 3.8) is 0 Å². The number of unbranched alkanes of at least 4 members (excludes halogenated alkanes) is 5. The number of hydrogen-bond donors (Lipinski definition) is 1. The van der Waals surface area contributed by atoms with Gasteiger partial charge in [0.05, 0.1) is 6.54 Å². The second kappa shape index (κ2) is 8.87. The lowest BCUT2D eigenvalue weighted by Crippen LogP contribution is -2.33. The van der Waals surface area contributed by atoms with Gasteiger partial charge >= 0.3 is 0 Å². The highest BCUT2D eigenvalue weighted by Gasteiger charge is 2.32. The number of nitrogens with zero attached hydrogens (tertiary/aromatic N) is 3. The fraction of sp³-hybridized carbons (Fsp3) is 0.556. The maximum atomic E-state index is 14.2. The maximum absolute atomic E-state index is 14.2. The molecule has 24 heavy (non-hydrogen) atoms. The number of halogens is 2. The summed E-state index contributed by atoms with van der Waals surface area (Å²) in [5, 5.41) is 15.1. The van der Waals surface area contributed by atoms with Crippen molar-refractivity contribution in [2.75, 3.05) is 0 Å². The Morgan fingerprint density at radius 3 is 2.54 bits per heavy atom. The molecular weight excluding hydrogens is 312 g/mol. The van der Waals surface area contributed by atoms with Gasteiger partial charge in [0.15, 0.2) is 0 Å². The predicted octanol–water partition coefficient (Wildman–Crippen LogP) is 4.19. The van der Waals surface area contributed by atoms with Crippen LogP contribution in [0.3, 0.4) is 0 Å². The molecule has 0 amide bonds. The van der Waals surface area contributed by atoms with Crippen LogP contribution in [-0.2, 0) is 12.1 Å². The second-order valence-corrected chi connectivity index (χ2v) is 6.27. The average Bonchev–Trinajstić information content (AvgIpc) is 3.03. The van der Waals surface area contributed by atoms with Crippen molar-refractivity contribution in [1.29, 1.82) is 0 Å². The van der Waals surface area contributed by atoms with Gasteiger partial charge in [0.1, 0.15) is 29.9 Å². The number of hydrogen-bond acceptors (Lipinski definition) is 3. The molecule has 1 aromatic heterocycles. The number of benzene rings is 1. The molecule has 1 atom stereocenters. The van der Waals surface area contributed by atoms with Crippen LogP contribution in [0.4, 0.5) is 8.78 Å². The fourth-order valence-corrected chi connectivity index (χ4v) is 2.95. The zero-order valence-electron chi connectivity index (χ0n) is 14.1. The highest BCUT2D eigenvalue weighted by molar-refractivity contribution is 5.25. The van der Waals surface area contributed by atoms with Crippen LogP contribution in [0.1, 0.15) is 57.4 Å². The summed E-state index contributed by atoms with van der Waals surface area (Å²) in [6, 6.07) is 3.30. The Kier molecular flexibility index (Phi) is 6.85. The maximum Gasteiger partial charge on any atom is 0.137 e. The first-order valence-electron chi connectivity index (χ1n) is 8.55. The molecular formula is C18H25F2N3O. The molecule has 4 nitrogen and oxygen atoms in total. The summed E-state index contributed by atoms with van der Waals surface area (Å²) in [6.45, 7) is 2.25. The molecule has 0 radical (unpaired) electrons. The van der Waals surface area contributed by atoms with Gasteiger partial charge in [-0.25, -0.2) is 18.4 Å². The predicted molar refractivity (Wildman–Crippen MR) is 88.3 cm³/mol. The van der Waals surface area contributed by atoms with Crippen molar-refractivity contribution in [3.05, 3.63) is 48.1 Å². The molecule has 0 saturated heterocycles. The van der Waals surface area contributed by atoms with E-state index in [1.807, 2.05) is 0 Å². The lowest BCUT2D eigenvalue weighted by atomic mass is 9.87. The highest BCUT2D eigenvalue weighted by atomic mass is 19.1. The first-order valence-corrected chi connectivity index (χ1v) is 8.55. The summed E-state index contributed by atoms with van der Waals surface area (Å²) in [5.74, 6) is -1.39. The third-order valence-electron chi connectivity index (χ3n) is 4.27. The third-order valence-corrected chi connectivity index (χ3v) is 4.27. The summed E-state index contributed by atoms with van der Waals surface area (Å²) in [4.78, 5) is 3.85. The van der Waals surface area contributed by atoms with Gasteiger partial charge < -0.3 is 5.11 Å². The van der Waals surface area contributed by atoms with Gasteiger partial charge in [-0.05, 0) is 12.5 Å². The molecule has 0 bridgehead atoms. The lowest BCUT2D eigenvalue weighted by Gasteiger charge is -2.29. The molecule has 1 aromatic carbocycles. The van der Waals surface area contributed by atoms with Crippen LogP contribution in [-0.4, -0.2) is 19.9 Å².